The molecule has 2 heterocycles. The third-order valence-electron chi connectivity index (χ3n) is 8.01. The average molecular weight is 614 g/mol. The molecule has 7 nitrogen and oxygen atoms in total. The number of rotatable bonds is 8. The first kappa shape index (κ1) is 29.4. The number of amides is 2. The second-order valence-corrected chi connectivity index (χ2v) is 11.0. The number of nitrogens with one attached hydrogen (secondary N) is 2. The SMILES string of the molecule is CNC(=O)c1cc(-c2cccnc2[C@H](Cc2cc(F)cc(F)c2)NC(=O)Cn2nc(C(F)(F)F)c3c2[C@H]2C[C@H]2C3)ccc1F. The fourth-order valence-electron chi connectivity index (χ4n) is 6.04. The van der Waals surface area contributed by atoms with Crippen molar-refractivity contribution in [2.45, 2.75) is 43.9 Å². The first-order valence-electron chi connectivity index (χ1n) is 13.8. The van der Waals surface area contributed by atoms with Crippen molar-refractivity contribution in [3.63, 3.8) is 0 Å². The minimum absolute atomic E-state index is 0.0807. The van der Waals surface area contributed by atoms with E-state index in [1.165, 1.54) is 25.4 Å². The van der Waals surface area contributed by atoms with Gasteiger partial charge in [0, 0.05) is 42.0 Å². The molecule has 2 aliphatic carbocycles. The van der Waals surface area contributed by atoms with E-state index in [0.29, 0.717) is 22.9 Å². The molecule has 13 heteroatoms. The maximum Gasteiger partial charge on any atom is 0.435 e. The lowest BCUT2D eigenvalue weighted by Gasteiger charge is -2.22. The van der Waals surface area contributed by atoms with Gasteiger partial charge in [-0.05, 0) is 66.6 Å². The Morgan fingerprint density at radius 3 is 2.52 bits per heavy atom. The van der Waals surface area contributed by atoms with Crippen molar-refractivity contribution in [2.75, 3.05) is 7.05 Å². The molecule has 0 spiro atoms. The van der Waals surface area contributed by atoms with Gasteiger partial charge in [0.1, 0.15) is 24.0 Å². The third kappa shape index (κ3) is 5.65. The summed E-state index contributed by atoms with van der Waals surface area (Å²) in [6, 6.07) is 8.89. The van der Waals surface area contributed by atoms with Gasteiger partial charge in [0.2, 0.25) is 5.91 Å². The zero-order valence-electron chi connectivity index (χ0n) is 23.2. The molecule has 0 bridgehead atoms. The number of fused-ring (bicyclic) bond motifs is 3. The number of hydrogen-bond donors (Lipinski definition) is 2. The van der Waals surface area contributed by atoms with Gasteiger partial charge in [-0.25, -0.2) is 13.2 Å². The second kappa shape index (κ2) is 11.1. The van der Waals surface area contributed by atoms with Gasteiger partial charge in [0.25, 0.3) is 5.91 Å². The Bertz CT molecular complexity index is 1770. The molecule has 6 rings (SSSR count). The van der Waals surface area contributed by atoms with Crippen LogP contribution in [-0.4, -0.2) is 33.6 Å². The Morgan fingerprint density at radius 1 is 1.07 bits per heavy atom. The fraction of sp³-hybridized carbons (Fsp3) is 0.290. The first-order valence-corrected chi connectivity index (χ1v) is 13.8. The van der Waals surface area contributed by atoms with Gasteiger partial charge in [-0.15, -0.1) is 0 Å². The number of aromatic nitrogens is 3. The topological polar surface area (TPSA) is 88.9 Å². The van der Waals surface area contributed by atoms with E-state index in [1.807, 2.05) is 0 Å². The van der Waals surface area contributed by atoms with Gasteiger partial charge in [0.05, 0.1) is 17.3 Å². The quantitative estimate of drug-likeness (QED) is 0.257. The number of alkyl halides is 3. The van der Waals surface area contributed by atoms with Gasteiger partial charge in [-0.3, -0.25) is 19.3 Å². The summed E-state index contributed by atoms with van der Waals surface area (Å²) >= 11 is 0. The van der Waals surface area contributed by atoms with E-state index >= 15 is 0 Å². The summed E-state index contributed by atoms with van der Waals surface area (Å²) in [7, 11) is 1.35. The molecule has 4 aromatic rings. The minimum Gasteiger partial charge on any atom is -0.355 e. The molecule has 1 fully saturated rings. The lowest BCUT2D eigenvalue weighted by atomic mass is 9.94. The van der Waals surface area contributed by atoms with E-state index < -0.39 is 53.7 Å². The number of nitrogens with zero attached hydrogens (tertiary/aromatic N) is 3. The predicted octanol–water partition coefficient (Wildman–Crippen LogP) is 5.50. The lowest BCUT2D eigenvalue weighted by Crippen LogP contribution is -2.34. The zero-order chi connectivity index (χ0) is 31.3. The molecular formula is C31H25F6N5O2. The van der Waals surface area contributed by atoms with Crippen LogP contribution in [0.1, 0.15) is 56.9 Å². The molecule has 3 atom stereocenters. The molecule has 228 valence electrons. The monoisotopic (exact) mass is 613 g/mol. The number of carbonyl (C=O) groups is 2. The summed E-state index contributed by atoms with van der Waals surface area (Å²) in [6.45, 7) is -0.519. The highest BCUT2D eigenvalue weighted by Crippen LogP contribution is 2.58. The van der Waals surface area contributed by atoms with E-state index in [0.717, 1.165) is 29.3 Å². The standard InChI is InChI=1S/C31H25F6N5O2/c1-38-30(44)22-10-16(4-5-24(22)34)20-3-2-6-39-27(20)25(9-15-7-18(32)13-19(33)8-15)40-26(43)14-42-28-21-11-17(21)12-23(28)29(41-42)31(35,36)37/h2-8,10,13,17,21,25H,9,11-12,14H2,1H3,(H,38,44)(H,40,43)/t17-,21-,25-/m0/s1. The molecule has 2 N–H and O–H groups in total. The smallest absolute Gasteiger partial charge is 0.355 e. The minimum atomic E-state index is -4.67. The van der Waals surface area contributed by atoms with Crippen LogP contribution in [0.5, 0.6) is 0 Å². The van der Waals surface area contributed by atoms with E-state index in [4.69, 9.17) is 0 Å². The Labute approximate surface area is 247 Å². The molecule has 2 aromatic heterocycles. The van der Waals surface area contributed by atoms with Gasteiger partial charge in [0.15, 0.2) is 5.69 Å². The van der Waals surface area contributed by atoms with E-state index in [1.54, 1.807) is 12.1 Å². The van der Waals surface area contributed by atoms with Crippen LogP contribution < -0.4 is 10.6 Å². The molecule has 0 unspecified atom stereocenters. The summed E-state index contributed by atoms with van der Waals surface area (Å²) in [5.74, 6) is -3.78. The van der Waals surface area contributed by atoms with Crippen molar-refractivity contribution < 1.29 is 35.9 Å². The van der Waals surface area contributed by atoms with Gasteiger partial charge < -0.3 is 10.6 Å². The zero-order valence-corrected chi connectivity index (χ0v) is 23.2. The maximum absolute atomic E-state index is 14.4. The Balaban J connectivity index is 1.36. The molecule has 2 amide bonds. The van der Waals surface area contributed by atoms with Crippen LogP contribution >= 0.6 is 0 Å². The van der Waals surface area contributed by atoms with Crippen molar-refractivity contribution >= 4 is 11.8 Å². The maximum atomic E-state index is 14.4. The van der Waals surface area contributed by atoms with Gasteiger partial charge >= 0.3 is 6.18 Å². The number of halogens is 6. The molecule has 44 heavy (non-hydrogen) atoms. The number of hydrogen-bond acceptors (Lipinski definition) is 4. The van der Waals surface area contributed by atoms with Crippen LogP contribution in [0.4, 0.5) is 26.3 Å². The van der Waals surface area contributed by atoms with E-state index in [-0.39, 0.29) is 47.1 Å². The molecule has 0 aliphatic heterocycles. The van der Waals surface area contributed by atoms with Gasteiger partial charge in [-0.2, -0.15) is 18.3 Å². The number of benzene rings is 2. The van der Waals surface area contributed by atoms with Crippen LogP contribution in [0, 0.1) is 23.4 Å². The average Bonchev–Trinajstić information content (AvgIpc) is 3.47. The van der Waals surface area contributed by atoms with Crippen molar-refractivity contribution in [1.29, 1.82) is 0 Å². The lowest BCUT2D eigenvalue weighted by molar-refractivity contribution is -0.142. The normalized spacial score (nSPS) is 17.5. The van der Waals surface area contributed by atoms with E-state index in [2.05, 4.69) is 20.7 Å². The van der Waals surface area contributed by atoms with Crippen LogP contribution in [-0.2, 0) is 30.4 Å². The third-order valence-corrected chi connectivity index (χ3v) is 8.01. The van der Waals surface area contributed by atoms with Crippen molar-refractivity contribution in [1.82, 2.24) is 25.4 Å². The van der Waals surface area contributed by atoms with Crippen molar-refractivity contribution in [2.24, 2.45) is 5.92 Å². The summed E-state index contributed by atoms with van der Waals surface area (Å²) < 4.78 is 84.9. The van der Waals surface area contributed by atoms with Crippen molar-refractivity contribution in [3.05, 3.63) is 106 Å². The molecule has 2 aromatic carbocycles. The van der Waals surface area contributed by atoms with Crippen LogP contribution in [0.15, 0.2) is 54.7 Å². The molecular weight excluding hydrogens is 588 g/mol. The fourth-order valence-corrected chi connectivity index (χ4v) is 6.04. The van der Waals surface area contributed by atoms with Crippen LogP contribution in [0.25, 0.3) is 11.1 Å². The number of carbonyl (C=O) groups excluding carboxylic acids is 2. The Kier molecular flexibility index (Phi) is 7.42. The highest BCUT2D eigenvalue weighted by Gasteiger charge is 2.53. The largest absolute Gasteiger partial charge is 0.435 e. The second-order valence-electron chi connectivity index (χ2n) is 11.0. The van der Waals surface area contributed by atoms with E-state index in [9.17, 15) is 35.9 Å². The summed E-state index contributed by atoms with van der Waals surface area (Å²) in [5, 5.41) is 8.89. The Hall–Kier alpha value is -4.68. The molecule has 0 radical (unpaired) electrons. The molecule has 2 aliphatic rings. The highest BCUT2D eigenvalue weighted by molar-refractivity contribution is 5.95. The first-order chi connectivity index (χ1) is 20.9. The Morgan fingerprint density at radius 2 is 1.82 bits per heavy atom. The van der Waals surface area contributed by atoms with Crippen molar-refractivity contribution in [3.8, 4) is 11.1 Å². The van der Waals surface area contributed by atoms with Crippen LogP contribution in [0.3, 0.4) is 0 Å². The summed E-state index contributed by atoms with van der Waals surface area (Å²) in [4.78, 5) is 30.1. The van der Waals surface area contributed by atoms with Crippen LogP contribution in [0.2, 0.25) is 0 Å². The molecule has 1 saturated carbocycles. The summed E-state index contributed by atoms with van der Waals surface area (Å²) in [6.07, 6.45) is -2.39. The molecule has 0 saturated heterocycles. The highest BCUT2D eigenvalue weighted by atomic mass is 19.4. The van der Waals surface area contributed by atoms with Gasteiger partial charge in [-0.1, -0.05) is 12.1 Å². The summed E-state index contributed by atoms with van der Waals surface area (Å²) in [5.41, 5.74) is 0.464. The number of pyridine rings is 1. The predicted molar refractivity (Wildman–Crippen MR) is 146 cm³/mol.